The third kappa shape index (κ3) is 4.67. The Morgan fingerprint density at radius 3 is 2.33 bits per heavy atom. The lowest BCUT2D eigenvalue weighted by atomic mass is 10.1. The van der Waals surface area contributed by atoms with Gasteiger partial charge in [0.05, 0.1) is 16.3 Å². The standard InChI is InChI=1S/C16H15ClF3N/c17-14-11-13(16(18,19)20)8-9-15(14)21-10-4-7-12-5-2-1-3-6-12/h1-3,5-6,8-9,11,21H,4,7,10H2. The molecule has 0 bridgehead atoms. The maximum Gasteiger partial charge on any atom is 0.416 e. The number of anilines is 1. The second-order valence-electron chi connectivity index (χ2n) is 4.71. The molecule has 2 rings (SSSR count). The van der Waals surface area contributed by atoms with Gasteiger partial charge in [0.15, 0.2) is 0 Å². The van der Waals surface area contributed by atoms with Crippen molar-refractivity contribution in [3.8, 4) is 0 Å². The first-order chi connectivity index (χ1) is 9.97. The van der Waals surface area contributed by atoms with Crippen molar-refractivity contribution >= 4 is 17.3 Å². The Kier molecular flexibility index (Phi) is 5.12. The summed E-state index contributed by atoms with van der Waals surface area (Å²) in [5.41, 5.74) is 1.03. The normalized spacial score (nSPS) is 11.4. The molecule has 0 unspecified atom stereocenters. The van der Waals surface area contributed by atoms with Crippen LogP contribution in [0.2, 0.25) is 5.02 Å². The largest absolute Gasteiger partial charge is 0.416 e. The van der Waals surface area contributed by atoms with Crippen LogP contribution in [0.5, 0.6) is 0 Å². The second-order valence-corrected chi connectivity index (χ2v) is 5.12. The van der Waals surface area contributed by atoms with Gasteiger partial charge in [-0.2, -0.15) is 13.2 Å². The number of benzene rings is 2. The van der Waals surface area contributed by atoms with E-state index in [1.807, 2.05) is 30.3 Å². The van der Waals surface area contributed by atoms with Crippen LogP contribution in [0.1, 0.15) is 17.5 Å². The van der Waals surface area contributed by atoms with Crippen LogP contribution >= 0.6 is 11.6 Å². The average Bonchev–Trinajstić information content (AvgIpc) is 2.45. The molecule has 1 nitrogen and oxygen atoms in total. The minimum Gasteiger partial charge on any atom is -0.384 e. The van der Waals surface area contributed by atoms with Crippen LogP contribution in [-0.2, 0) is 12.6 Å². The molecule has 0 spiro atoms. The predicted octanol–water partition coefficient (Wildman–Crippen LogP) is 5.40. The Bertz CT molecular complexity index is 582. The average molecular weight is 314 g/mol. The molecule has 21 heavy (non-hydrogen) atoms. The van der Waals surface area contributed by atoms with Gasteiger partial charge in [0.2, 0.25) is 0 Å². The van der Waals surface area contributed by atoms with Gasteiger partial charge in [-0.05, 0) is 36.6 Å². The van der Waals surface area contributed by atoms with Gasteiger partial charge in [-0.1, -0.05) is 41.9 Å². The third-order valence-electron chi connectivity index (χ3n) is 3.10. The fourth-order valence-electron chi connectivity index (χ4n) is 2.00. The highest BCUT2D eigenvalue weighted by molar-refractivity contribution is 6.33. The molecule has 0 radical (unpaired) electrons. The molecule has 0 atom stereocenters. The van der Waals surface area contributed by atoms with Crippen molar-refractivity contribution in [2.24, 2.45) is 0 Å². The van der Waals surface area contributed by atoms with Gasteiger partial charge >= 0.3 is 6.18 Å². The van der Waals surface area contributed by atoms with Crippen molar-refractivity contribution < 1.29 is 13.2 Å². The quantitative estimate of drug-likeness (QED) is 0.728. The molecule has 0 aromatic heterocycles. The molecule has 0 heterocycles. The second kappa shape index (κ2) is 6.85. The molecular formula is C16H15ClF3N. The summed E-state index contributed by atoms with van der Waals surface area (Å²) >= 11 is 5.87. The third-order valence-corrected chi connectivity index (χ3v) is 3.41. The Labute approximate surface area is 126 Å². The number of nitrogens with one attached hydrogen (secondary N) is 1. The van der Waals surface area contributed by atoms with Gasteiger partial charge in [0, 0.05) is 6.54 Å². The zero-order chi connectivity index (χ0) is 15.3. The highest BCUT2D eigenvalue weighted by atomic mass is 35.5. The number of hydrogen-bond donors (Lipinski definition) is 1. The van der Waals surface area contributed by atoms with Crippen molar-refractivity contribution in [2.45, 2.75) is 19.0 Å². The van der Waals surface area contributed by atoms with Crippen LogP contribution in [0.3, 0.4) is 0 Å². The Morgan fingerprint density at radius 1 is 1.00 bits per heavy atom. The van der Waals surface area contributed by atoms with Crippen molar-refractivity contribution in [3.63, 3.8) is 0 Å². The van der Waals surface area contributed by atoms with Gasteiger partial charge in [-0.3, -0.25) is 0 Å². The van der Waals surface area contributed by atoms with E-state index in [4.69, 9.17) is 11.6 Å². The van der Waals surface area contributed by atoms with Crippen LogP contribution in [0.15, 0.2) is 48.5 Å². The molecule has 1 N–H and O–H groups in total. The molecule has 0 saturated carbocycles. The molecule has 2 aromatic carbocycles. The Balaban J connectivity index is 1.86. The monoisotopic (exact) mass is 313 g/mol. The lowest BCUT2D eigenvalue weighted by Gasteiger charge is -2.11. The van der Waals surface area contributed by atoms with E-state index in [1.165, 1.54) is 11.6 Å². The summed E-state index contributed by atoms with van der Waals surface area (Å²) in [6, 6.07) is 13.4. The summed E-state index contributed by atoms with van der Waals surface area (Å²) in [6.07, 6.45) is -2.58. The van der Waals surface area contributed by atoms with E-state index in [0.29, 0.717) is 12.2 Å². The van der Waals surface area contributed by atoms with E-state index in [0.717, 1.165) is 25.0 Å². The molecule has 0 aliphatic rings. The number of rotatable bonds is 5. The predicted molar refractivity (Wildman–Crippen MR) is 79.7 cm³/mol. The highest BCUT2D eigenvalue weighted by Gasteiger charge is 2.30. The molecule has 0 amide bonds. The van der Waals surface area contributed by atoms with Gasteiger partial charge in [-0.25, -0.2) is 0 Å². The Morgan fingerprint density at radius 2 is 1.71 bits per heavy atom. The molecule has 5 heteroatoms. The summed E-state index contributed by atoms with van der Waals surface area (Å²) in [7, 11) is 0. The maximum atomic E-state index is 12.5. The number of halogens is 4. The van der Waals surface area contributed by atoms with Gasteiger partial charge < -0.3 is 5.32 Å². The van der Waals surface area contributed by atoms with Crippen molar-refractivity contribution in [3.05, 3.63) is 64.7 Å². The van der Waals surface area contributed by atoms with E-state index >= 15 is 0 Å². The summed E-state index contributed by atoms with van der Waals surface area (Å²) in [5, 5.41) is 3.15. The lowest BCUT2D eigenvalue weighted by Crippen LogP contribution is -2.07. The molecular weight excluding hydrogens is 299 g/mol. The molecule has 2 aromatic rings. The summed E-state index contributed by atoms with van der Waals surface area (Å²) in [6.45, 7) is 0.653. The van der Waals surface area contributed by atoms with Crippen LogP contribution in [0, 0.1) is 0 Å². The van der Waals surface area contributed by atoms with Crippen LogP contribution in [-0.4, -0.2) is 6.54 Å². The minimum atomic E-state index is -4.37. The fraction of sp³-hybridized carbons (Fsp3) is 0.250. The summed E-state index contributed by atoms with van der Waals surface area (Å²) in [4.78, 5) is 0. The first-order valence-electron chi connectivity index (χ1n) is 6.61. The van der Waals surface area contributed by atoms with Crippen molar-refractivity contribution in [1.29, 1.82) is 0 Å². The maximum absolute atomic E-state index is 12.5. The van der Waals surface area contributed by atoms with E-state index in [9.17, 15) is 13.2 Å². The first kappa shape index (κ1) is 15.7. The van der Waals surface area contributed by atoms with Crippen LogP contribution in [0.4, 0.5) is 18.9 Å². The van der Waals surface area contributed by atoms with E-state index < -0.39 is 11.7 Å². The lowest BCUT2D eigenvalue weighted by molar-refractivity contribution is -0.137. The summed E-state index contributed by atoms with van der Waals surface area (Å²) in [5.74, 6) is 0. The van der Waals surface area contributed by atoms with Crippen LogP contribution in [0.25, 0.3) is 0 Å². The minimum absolute atomic E-state index is 0.0875. The molecule has 0 fully saturated rings. The molecule has 0 aliphatic heterocycles. The van der Waals surface area contributed by atoms with Gasteiger partial charge in [0.25, 0.3) is 0 Å². The first-order valence-corrected chi connectivity index (χ1v) is 6.99. The van der Waals surface area contributed by atoms with Crippen molar-refractivity contribution in [1.82, 2.24) is 0 Å². The molecule has 0 aliphatic carbocycles. The molecule has 112 valence electrons. The highest BCUT2D eigenvalue weighted by Crippen LogP contribution is 2.33. The fourth-order valence-corrected chi connectivity index (χ4v) is 2.24. The van der Waals surface area contributed by atoms with Crippen molar-refractivity contribution in [2.75, 3.05) is 11.9 Å². The topological polar surface area (TPSA) is 12.0 Å². The van der Waals surface area contributed by atoms with E-state index in [2.05, 4.69) is 5.32 Å². The number of hydrogen-bond acceptors (Lipinski definition) is 1. The zero-order valence-electron chi connectivity index (χ0n) is 11.3. The SMILES string of the molecule is FC(F)(F)c1ccc(NCCCc2ccccc2)c(Cl)c1. The smallest absolute Gasteiger partial charge is 0.384 e. The Hall–Kier alpha value is -1.68. The summed E-state index contributed by atoms with van der Waals surface area (Å²) < 4.78 is 37.5. The number of alkyl halides is 3. The van der Waals surface area contributed by atoms with E-state index in [-0.39, 0.29) is 5.02 Å². The number of aryl methyl sites for hydroxylation is 1. The zero-order valence-corrected chi connectivity index (χ0v) is 12.0. The van der Waals surface area contributed by atoms with Crippen LogP contribution < -0.4 is 5.32 Å². The molecule has 0 saturated heterocycles. The van der Waals surface area contributed by atoms with E-state index in [1.54, 1.807) is 0 Å². The van der Waals surface area contributed by atoms with Gasteiger partial charge in [-0.15, -0.1) is 0 Å². The van der Waals surface area contributed by atoms with Gasteiger partial charge in [0.1, 0.15) is 0 Å².